The first-order chi connectivity index (χ1) is 11.5. The fraction of sp³-hybridized carbons (Fsp3) is 0.500. The molecule has 2 rings (SSSR count). The number of ether oxygens (including phenoxy) is 2. The number of hydrogen-bond donors (Lipinski definition) is 1. The first-order valence-corrected chi connectivity index (χ1v) is 8.08. The number of methoxy groups -OCH3 is 2. The Morgan fingerprint density at radius 3 is 2.54 bits per heavy atom. The molecule has 0 bridgehead atoms. The summed E-state index contributed by atoms with van der Waals surface area (Å²) in [6, 6.07) is 4.40. The van der Waals surface area contributed by atoms with Crippen molar-refractivity contribution >= 4 is 29.3 Å². The van der Waals surface area contributed by atoms with Crippen LogP contribution in [-0.4, -0.2) is 75.4 Å². The average molecular weight is 356 g/mol. The number of benzene rings is 1. The van der Waals surface area contributed by atoms with E-state index < -0.39 is 5.97 Å². The number of amides is 2. The molecule has 132 valence electrons. The van der Waals surface area contributed by atoms with Crippen molar-refractivity contribution in [2.24, 2.45) is 0 Å². The predicted octanol–water partition coefficient (Wildman–Crippen LogP) is 1.92. The molecule has 0 aromatic heterocycles. The Morgan fingerprint density at radius 2 is 1.92 bits per heavy atom. The molecule has 7 nitrogen and oxygen atoms in total. The summed E-state index contributed by atoms with van der Waals surface area (Å²) in [5.74, 6) is -0.478. The lowest BCUT2D eigenvalue weighted by atomic mass is 10.2. The van der Waals surface area contributed by atoms with Gasteiger partial charge in [0.15, 0.2) is 0 Å². The van der Waals surface area contributed by atoms with E-state index in [0.29, 0.717) is 36.0 Å². The smallest absolute Gasteiger partial charge is 0.337 e. The summed E-state index contributed by atoms with van der Waals surface area (Å²) in [5.41, 5.74) is 0.730. The number of urea groups is 1. The second-order valence-corrected chi connectivity index (χ2v) is 5.85. The predicted molar refractivity (Wildman–Crippen MR) is 91.7 cm³/mol. The van der Waals surface area contributed by atoms with Gasteiger partial charge in [-0.15, -0.1) is 0 Å². The van der Waals surface area contributed by atoms with Crippen LogP contribution in [0.1, 0.15) is 10.4 Å². The molecule has 8 heteroatoms. The standard InChI is InChI=1S/C16H22ClN3O4/c1-23-10-9-19-5-7-20(8-6-19)16(22)18-14-11-12(15(21)24-2)3-4-13(14)17/h3-4,11H,5-10H2,1-2H3,(H,18,22). The van der Waals surface area contributed by atoms with Crippen LogP contribution in [0, 0.1) is 0 Å². The minimum atomic E-state index is -0.478. The van der Waals surface area contributed by atoms with E-state index in [1.165, 1.54) is 13.2 Å². The zero-order chi connectivity index (χ0) is 17.5. The van der Waals surface area contributed by atoms with Crippen LogP contribution in [0.3, 0.4) is 0 Å². The van der Waals surface area contributed by atoms with Crippen LogP contribution in [-0.2, 0) is 9.47 Å². The third kappa shape index (κ3) is 4.83. The number of carbonyl (C=O) groups is 2. The van der Waals surface area contributed by atoms with Crippen LogP contribution >= 0.6 is 11.6 Å². The summed E-state index contributed by atoms with van der Waals surface area (Å²) in [6.45, 7) is 4.40. The van der Waals surface area contributed by atoms with Gasteiger partial charge in [0.05, 0.1) is 30.0 Å². The van der Waals surface area contributed by atoms with Crippen LogP contribution in [0.5, 0.6) is 0 Å². The minimum absolute atomic E-state index is 0.231. The molecule has 0 radical (unpaired) electrons. The summed E-state index contributed by atoms with van der Waals surface area (Å²) < 4.78 is 9.74. The van der Waals surface area contributed by atoms with Gasteiger partial charge in [-0.3, -0.25) is 4.90 Å². The van der Waals surface area contributed by atoms with E-state index in [2.05, 4.69) is 15.0 Å². The van der Waals surface area contributed by atoms with Crippen molar-refractivity contribution in [3.05, 3.63) is 28.8 Å². The summed E-state index contributed by atoms with van der Waals surface area (Å²) in [5, 5.41) is 3.13. The molecule has 0 saturated carbocycles. The van der Waals surface area contributed by atoms with Crippen LogP contribution in [0.2, 0.25) is 5.02 Å². The molecule has 0 spiro atoms. The van der Waals surface area contributed by atoms with E-state index in [1.807, 2.05) is 0 Å². The van der Waals surface area contributed by atoms with Gasteiger partial charge in [0.25, 0.3) is 0 Å². The molecule has 1 N–H and O–H groups in total. The van der Waals surface area contributed by atoms with Gasteiger partial charge in [-0.25, -0.2) is 9.59 Å². The van der Waals surface area contributed by atoms with E-state index in [1.54, 1.807) is 24.1 Å². The quantitative estimate of drug-likeness (QED) is 0.817. The molecule has 1 heterocycles. The number of rotatable bonds is 5. The highest BCUT2D eigenvalue weighted by atomic mass is 35.5. The lowest BCUT2D eigenvalue weighted by Gasteiger charge is -2.34. The lowest BCUT2D eigenvalue weighted by Crippen LogP contribution is -2.50. The molecule has 1 aliphatic rings. The summed E-state index contributed by atoms with van der Waals surface area (Å²) >= 11 is 6.10. The number of hydrogen-bond acceptors (Lipinski definition) is 5. The van der Waals surface area contributed by atoms with E-state index in [9.17, 15) is 9.59 Å². The summed E-state index contributed by atoms with van der Waals surface area (Å²) in [4.78, 5) is 27.9. The maximum atomic E-state index is 12.4. The third-order valence-corrected chi connectivity index (χ3v) is 4.23. The van der Waals surface area contributed by atoms with E-state index >= 15 is 0 Å². The molecule has 1 aromatic rings. The van der Waals surface area contributed by atoms with Crippen LogP contribution < -0.4 is 5.32 Å². The fourth-order valence-corrected chi connectivity index (χ4v) is 2.62. The molecule has 0 unspecified atom stereocenters. The van der Waals surface area contributed by atoms with Gasteiger partial charge in [0.1, 0.15) is 0 Å². The van der Waals surface area contributed by atoms with Crippen molar-refractivity contribution in [2.75, 3.05) is 58.9 Å². The van der Waals surface area contributed by atoms with Gasteiger partial charge in [0.2, 0.25) is 0 Å². The Balaban J connectivity index is 1.94. The molecule has 1 saturated heterocycles. The molecule has 0 atom stereocenters. The van der Waals surface area contributed by atoms with Gasteiger partial charge in [-0.05, 0) is 18.2 Å². The fourth-order valence-electron chi connectivity index (χ4n) is 2.46. The van der Waals surface area contributed by atoms with Crippen molar-refractivity contribution in [1.29, 1.82) is 0 Å². The van der Waals surface area contributed by atoms with Crippen LogP contribution in [0.4, 0.5) is 10.5 Å². The van der Waals surface area contributed by atoms with Gasteiger partial charge >= 0.3 is 12.0 Å². The summed E-state index contributed by atoms with van der Waals surface area (Å²) in [7, 11) is 2.98. The Hall–Kier alpha value is -1.83. The van der Waals surface area contributed by atoms with Crippen LogP contribution in [0.25, 0.3) is 0 Å². The molecular weight excluding hydrogens is 334 g/mol. The normalized spacial score (nSPS) is 15.2. The highest BCUT2D eigenvalue weighted by molar-refractivity contribution is 6.33. The topological polar surface area (TPSA) is 71.1 Å². The van der Waals surface area contributed by atoms with Crippen molar-refractivity contribution < 1.29 is 19.1 Å². The number of anilines is 1. The zero-order valence-corrected chi connectivity index (χ0v) is 14.6. The SMILES string of the molecule is COCCN1CCN(C(=O)Nc2cc(C(=O)OC)ccc2Cl)CC1. The second-order valence-electron chi connectivity index (χ2n) is 5.44. The molecule has 24 heavy (non-hydrogen) atoms. The number of carbonyl (C=O) groups excluding carboxylic acids is 2. The van der Waals surface area contributed by atoms with Gasteiger partial charge in [-0.2, -0.15) is 0 Å². The van der Waals surface area contributed by atoms with Crippen molar-refractivity contribution in [2.45, 2.75) is 0 Å². The van der Waals surface area contributed by atoms with Gasteiger partial charge < -0.3 is 19.7 Å². The second kappa shape index (κ2) is 8.86. The number of halogens is 1. The first-order valence-electron chi connectivity index (χ1n) is 7.70. The molecule has 1 aliphatic heterocycles. The minimum Gasteiger partial charge on any atom is -0.465 e. The van der Waals surface area contributed by atoms with E-state index in [0.717, 1.165) is 19.6 Å². The van der Waals surface area contributed by atoms with Crippen molar-refractivity contribution in [3.63, 3.8) is 0 Å². The maximum Gasteiger partial charge on any atom is 0.337 e. The van der Waals surface area contributed by atoms with E-state index in [4.69, 9.17) is 16.3 Å². The average Bonchev–Trinajstić information content (AvgIpc) is 2.61. The number of nitrogens with one attached hydrogen (secondary N) is 1. The molecule has 0 aliphatic carbocycles. The largest absolute Gasteiger partial charge is 0.465 e. The van der Waals surface area contributed by atoms with Crippen molar-refractivity contribution in [1.82, 2.24) is 9.80 Å². The molecule has 1 aromatic carbocycles. The Labute approximate surface area is 146 Å². The molecular formula is C16H22ClN3O4. The van der Waals surface area contributed by atoms with Crippen LogP contribution in [0.15, 0.2) is 18.2 Å². The van der Waals surface area contributed by atoms with Crippen molar-refractivity contribution in [3.8, 4) is 0 Å². The maximum absolute atomic E-state index is 12.4. The zero-order valence-electron chi connectivity index (χ0n) is 13.9. The number of piperazine rings is 1. The Bertz CT molecular complexity index is 589. The third-order valence-electron chi connectivity index (χ3n) is 3.90. The number of esters is 1. The number of nitrogens with zero attached hydrogens (tertiary/aromatic N) is 2. The Kier molecular flexibility index (Phi) is 6.84. The molecule has 2 amide bonds. The Morgan fingerprint density at radius 1 is 1.21 bits per heavy atom. The lowest BCUT2D eigenvalue weighted by molar-refractivity contribution is 0.0600. The van der Waals surface area contributed by atoms with E-state index in [-0.39, 0.29) is 6.03 Å². The first kappa shape index (κ1) is 18.5. The summed E-state index contributed by atoms with van der Waals surface area (Å²) in [6.07, 6.45) is 0. The highest BCUT2D eigenvalue weighted by Crippen LogP contribution is 2.24. The molecule has 1 fully saturated rings. The highest BCUT2D eigenvalue weighted by Gasteiger charge is 2.21. The van der Waals surface area contributed by atoms with Gasteiger partial charge in [-0.1, -0.05) is 11.6 Å². The monoisotopic (exact) mass is 355 g/mol. The van der Waals surface area contributed by atoms with Gasteiger partial charge in [0, 0.05) is 39.8 Å².